The van der Waals surface area contributed by atoms with Crippen LogP contribution >= 0.6 is 0 Å². The van der Waals surface area contributed by atoms with E-state index in [0.717, 1.165) is 19.4 Å². The van der Waals surface area contributed by atoms with E-state index in [1.807, 2.05) is 6.07 Å². The first-order chi connectivity index (χ1) is 6.88. The predicted octanol–water partition coefficient (Wildman–Crippen LogP) is 1.57. The maximum absolute atomic E-state index is 8.67. The summed E-state index contributed by atoms with van der Waals surface area (Å²) in [6, 6.07) is 2.02. The summed E-state index contributed by atoms with van der Waals surface area (Å²) in [4.78, 5) is 3.90. The second-order valence-electron chi connectivity index (χ2n) is 3.02. The van der Waals surface area contributed by atoms with E-state index in [9.17, 15) is 0 Å². The molecule has 14 heavy (non-hydrogen) atoms. The zero-order valence-corrected chi connectivity index (χ0v) is 8.44. The molecule has 0 spiro atoms. The van der Waals surface area contributed by atoms with E-state index in [-0.39, 0.29) is 0 Å². The summed E-state index contributed by atoms with van der Waals surface area (Å²) in [6.45, 7) is 4.28. The van der Waals surface area contributed by atoms with Gasteiger partial charge in [0.05, 0.1) is 6.61 Å². The van der Waals surface area contributed by atoms with Crippen LogP contribution in [0.3, 0.4) is 0 Å². The zero-order chi connectivity index (χ0) is 10.2. The van der Waals surface area contributed by atoms with Gasteiger partial charge >= 0.3 is 0 Å². The molecule has 1 aromatic rings. The lowest BCUT2D eigenvalue weighted by Gasteiger charge is -2.04. The number of aromatic nitrogens is 2. The third-order valence-corrected chi connectivity index (χ3v) is 1.93. The molecule has 0 aromatic carbocycles. The van der Waals surface area contributed by atoms with Crippen molar-refractivity contribution < 1.29 is 4.74 Å². The number of ether oxygens (including phenoxy) is 1. The lowest BCUT2D eigenvalue weighted by molar-refractivity contribution is 0.123. The summed E-state index contributed by atoms with van der Waals surface area (Å²) in [5.74, 6) is 0.448. The average Bonchev–Trinajstić information content (AvgIpc) is 2.65. The van der Waals surface area contributed by atoms with Crippen molar-refractivity contribution in [3.63, 3.8) is 0 Å². The summed E-state index contributed by atoms with van der Waals surface area (Å²) in [5.41, 5.74) is 0. The van der Waals surface area contributed by atoms with Crippen LogP contribution in [0.2, 0.25) is 0 Å². The van der Waals surface area contributed by atoms with Crippen molar-refractivity contribution in [2.75, 3.05) is 13.2 Å². The van der Waals surface area contributed by atoms with Crippen LogP contribution in [0, 0.1) is 11.3 Å². The Labute approximate surface area is 84.1 Å². The fourth-order valence-electron chi connectivity index (χ4n) is 1.11. The van der Waals surface area contributed by atoms with E-state index in [0.29, 0.717) is 19.0 Å². The van der Waals surface area contributed by atoms with Gasteiger partial charge in [0.25, 0.3) is 0 Å². The van der Waals surface area contributed by atoms with Gasteiger partial charge in [-0.05, 0) is 6.42 Å². The minimum atomic E-state index is 0.448. The van der Waals surface area contributed by atoms with Crippen molar-refractivity contribution in [1.82, 2.24) is 9.55 Å². The summed E-state index contributed by atoms with van der Waals surface area (Å²) in [6.07, 6.45) is 5.66. The Bertz CT molecular complexity index is 301. The molecule has 0 atom stereocenters. The summed E-state index contributed by atoms with van der Waals surface area (Å²) < 4.78 is 7.19. The lowest BCUT2D eigenvalue weighted by Crippen LogP contribution is -2.07. The van der Waals surface area contributed by atoms with Crippen LogP contribution in [0.25, 0.3) is 0 Å². The molecule has 4 heteroatoms. The van der Waals surface area contributed by atoms with Gasteiger partial charge < -0.3 is 9.30 Å². The number of unbranched alkanes of at least 4 members (excludes halogenated alkanes) is 1. The highest BCUT2D eigenvalue weighted by Gasteiger charge is 1.99. The van der Waals surface area contributed by atoms with E-state index in [4.69, 9.17) is 10.00 Å². The zero-order valence-electron chi connectivity index (χ0n) is 8.44. The number of hydrogen-bond donors (Lipinski definition) is 0. The predicted molar refractivity (Wildman–Crippen MR) is 52.7 cm³/mol. The highest BCUT2D eigenvalue weighted by Crippen LogP contribution is 1.96. The van der Waals surface area contributed by atoms with E-state index in [1.54, 1.807) is 17.0 Å². The van der Waals surface area contributed by atoms with Gasteiger partial charge in [-0.2, -0.15) is 5.26 Å². The van der Waals surface area contributed by atoms with Crippen molar-refractivity contribution >= 4 is 0 Å². The minimum absolute atomic E-state index is 0.448. The molecule has 0 amide bonds. The first kappa shape index (κ1) is 10.7. The van der Waals surface area contributed by atoms with Crippen molar-refractivity contribution in [1.29, 1.82) is 5.26 Å². The van der Waals surface area contributed by atoms with Crippen LogP contribution in [0.5, 0.6) is 0 Å². The lowest BCUT2D eigenvalue weighted by atomic mass is 10.4. The van der Waals surface area contributed by atoms with Crippen LogP contribution in [-0.4, -0.2) is 22.8 Å². The Balaban J connectivity index is 2.22. The van der Waals surface area contributed by atoms with Gasteiger partial charge in [0.1, 0.15) is 6.07 Å². The maximum atomic E-state index is 8.67. The largest absolute Gasteiger partial charge is 0.380 e. The van der Waals surface area contributed by atoms with E-state index in [2.05, 4.69) is 11.9 Å². The van der Waals surface area contributed by atoms with Crippen LogP contribution in [0.15, 0.2) is 12.4 Å². The van der Waals surface area contributed by atoms with Crippen LogP contribution in [-0.2, 0) is 11.3 Å². The smallest absolute Gasteiger partial charge is 0.212 e. The third kappa shape index (κ3) is 3.19. The van der Waals surface area contributed by atoms with Crippen LogP contribution in [0.1, 0.15) is 25.6 Å². The Hall–Kier alpha value is -1.34. The van der Waals surface area contributed by atoms with Crippen molar-refractivity contribution in [3.8, 4) is 6.07 Å². The van der Waals surface area contributed by atoms with E-state index < -0.39 is 0 Å². The molecule has 0 fully saturated rings. The molecule has 76 valence electrons. The number of nitrogens with zero attached hydrogens (tertiary/aromatic N) is 3. The number of rotatable bonds is 6. The molecule has 0 N–H and O–H groups in total. The average molecular weight is 193 g/mol. The summed E-state index contributed by atoms with van der Waals surface area (Å²) in [7, 11) is 0. The van der Waals surface area contributed by atoms with Crippen molar-refractivity contribution in [2.24, 2.45) is 0 Å². The molecule has 0 aliphatic rings. The number of imidazole rings is 1. The molecule has 4 nitrogen and oxygen atoms in total. The highest BCUT2D eigenvalue weighted by molar-refractivity contribution is 5.10. The molecule has 0 unspecified atom stereocenters. The highest BCUT2D eigenvalue weighted by atomic mass is 16.5. The first-order valence-corrected chi connectivity index (χ1v) is 4.87. The summed E-state index contributed by atoms with van der Waals surface area (Å²) in [5, 5.41) is 8.67. The van der Waals surface area contributed by atoms with Gasteiger partial charge in [-0.3, -0.25) is 0 Å². The second kappa shape index (κ2) is 6.17. The fourth-order valence-corrected chi connectivity index (χ4v) is 1.11. The molecule has 0 saturated carbocycles. The summed E-state index contributed by atoms with van der Waals surface area (Å²) >= 11 is 0. The SMILES string of the molecule is CCCCOCCn1ccnc1C#N. The first-order valence-electron chi connectivity index (χ1n) is 4.87. The molecular formula is C10H15N3O. The Kier molecular flexibility index (Phi) is 4.73. The topological polar surface area (TPSA) is 50.8 Å². The molecule has 0 saturated heterocycles. The molecule has 1 aromatic heterocycles. The molecule has 0 radical (unpaired) electrons. The Morgan fingerprint density at radius 3 is 3.14 bits per heavy atom. The molecule has 0 aliphatic heterocycles. The Morgan fingerprint density at radius 2 is 2.43 bits per heavy atom. The van der Waals surface area contributed by atoms with Gasteiger partial charge in [-0.15, -0.1) is 0 Å². The third-order valence-electron chi connectivity index (χ3n) is 1.93. The molecule has 0 bridgehead atoms. The molecular weight excluding hydrogens is 178 g/mol. The number of nitriles is 1. The van der Waals surface area contributed by atoms with Gasteiger partial charge in [0.2, 0.25) is 5.82 Å². The molecule has 1 rings (SSSR count). The molecule has 0 aliphatic carbocycles. The van der Waals surface area contributed by atoms with Crippen LogP contribution < -0.4 is 0 Å². The van der Waals surface area contributed by atoms with Crippen molar-refractivity contribution in [3.05, 3.63) is 18.2 Å². The molecule has 1 heterocycles. The fraction of sp³-hybridized carbons (Fsp3) is 0.600. The van der Waals surface area contributed by atoms with E-state index >= 15 is 0 Å². The van der Waals surface area contributed by atoms with Gasteiger partial charge in [-0.25, -0.2) is 4.98 Å². The standard InChI is InChI=1S/C10H15N3O/c1-2-3-7-14-8-6-13-5-4-12-10(13)9-11/h4-5H,2-3,6-8H2,1H3. The quantitative estimate of drug-likeness (QED) is 0.644. The minimum Gasteiger partial charge on any atom is -0.380 e. The van der Waals surface area contributed by atoms with Crippen molar-refractivity contribution in [2.45, 2.75) is 26.3 Å². The number of hydrogen-bond acceptors (Lipinski definition) is 3. The maximum Gasteiger partial charge on any atom is 0.212 e. The monoisotopic (exact) mass is 193 g/mol. The van der Waals surface area contributed by atoms with Gasteiger partial charge in [-0.1, -0.05) is 13.3 Å². The normalized spacial score (nSPS) is 10.0. The Morgan fingerprint density at radius 1 is 1.57 bits per heavy atom. The van der Waals surface area contributed by atoms with Crippen LogP contribution in [0.4, 0.5) is 0 Å². The van der Waals surface area contributed by atoms with E-state index in [1.165, 1.54) is 0 Å². The van der Waals surface area contributed by atoms with Gasteiger partial charge in [0.15, 0.2) is 0 Å². The second-order valence-corrected chi connectivity index (χ2v) is 3.02. The van der Waals surface area contributed by atoms with Gasteiger partial charge in [0, 0.05) is 25.5 Å².